The molecule has 0 aliphatic heterocycles. The van der Waals surface area contributed by atoms with Gasteiger partial charge in [0.25, 0.3) is 0 Å². The average Bonchev–Trinajstić information content (AvgIpc) is 1.94. The van der Waals surface area contributed by atoms with Gasteiger partial charge < -0.3 is 0 Å². The molecule has 0 radical (unpaired) electrons. The van der Waals surface area contributed by atoms with Gasteiger partial charge in [0.2, 0.25) is 0 Å². The summed E-state index contributed by atoms with van der Waals surface area (Å²) in [6, 6.07) is 0. The third kappa shape index (κ3) is 4.67. The van der Waals surface area contributed by atoms with E-state index in [0.717, 1.165) is 12.8 Å². The van der Waals surface area contributed by atoms with Crippen LogP contribution in [-0.4, -0.2) is 6.26 Å². The van der Waals surface area contributed by atoms with Gasteiger partial charge in [-0.2, -0.15) is 12.6 Å². The van der Waals surface area contributed by atoms with Crippen LogP contribution in [0.2, 0.25) is 0 Å². The minimum absolute atomic E-state index is 1.12. The minimum atomic E-state index is 1.12. The van der Waals surface area contributed by atoms with Gasteiger partial charge in [-0.3, -0.25) is 0 Å². The highest BCUT2D eigenvalue weighted by atomic mass is 32.1. The molecule has 1 rings (SSSR count). The lowest BCUT2D eigenvalue weighted by Gasteiger charge is -1.97. The van der Waals surface area contributed by atoms with Gasteiger partial charge in [0, 0.05) is 0 Å². The maximum Gasteiger partial charge on any atom is -0.0181 e. The molecular formula is C7H12S2. The Balaban J connectivity index is 0.000000291. The summed E-state index contributed by atoms with van der Waals surface area (Å²) in [5.74, 6) is 0. The van der Waals surface area contributed by atoms with Crippen molar-refractivity contribution in [3.8, 4) is 0 Å². The molecule has 0 N–H and O–H groups in total. The van der Waals surface area contributed by atoms with Gasteiger partial charge in [0.15, 0.2) is 0 Å². The molecule has 0 heterocycles. The van der Waals surface area contributed by atoms with Crippen LogP contribution in [0.5, 0.6) is 0 Å². The first-order valence-electron chi connectivity index (χ1n) is 2.89. The van der Waals surface area contributed by atoms with Crippen molar-refractivity contribution in [1.29, 1.82) is 0 Å². The highest BCUT2D eigenvalue weighted by Gasteiger charge is 1.89. The average molecular weight is 160 g/mol. The van der Waals surface area contributed by atoms with E-state index in [9.17, 15) is 0 Å². The number of allylic oxidation sites excluding steroid dienone is 4. The highest BCUT2D eigenvalue weighted by Crippen LogP contribution is 2.13. The Labute approximate surface area is 67.9 Å². The fourth-order valence-electron chi connectivity index (χ4n) is 0.590. The van der Waals surface area contributed by atoms with Crippen LogP contribution >= 0.6 is 25.3 Å². The molecule has 2 heteroatoms. The van der Waals surface area contributed by atoms with Gasteiger partial charge in [0.05, 0.1) is 0 Å². The van der Waals surface area contributed by atoms with Crippen LogP contribution in [0.15, 0.2) is 23.1 Å². The van der Waals surface area contributed by atoms with Crippen LogP contribution in [0.1, 0.15) is 12.8 Å². The van der Waals surface area contributed by atoms with Crippen molar-refractivity contribution in [2.24, 2.45) is 0 Å². The van der Waals surface area contributed by atoms with Gasteiger partial charge in [-0.25, -0.2) is 0 Å². The summed E-state index contributed by atoms with van der Waals surface area (Å²) >= 11 is 7.70. The second-order valence-electron chi connectivity index (χ2n) is 1.62. The first-order valence-corrected chi connectivity index (χ1v) is 4.23. The standard InChI is InChI=1S/C6H8S.CH4S/c7-6-4-2-1-3-5-6;1-2/h1-2,4,7H,3,5H2;2H,1H3. The molecule has 0 aromatic carbocycles. The van der Waals surface area contributed by atoms with Crippen LogP contribution in [0.3, 0.4) is 0 Å². The number of rotatable bonds is 0. The molecule has 9 heavy (non-hydrogen) atoms. The summed E-state index contributed by atoms with van der Waals surface area (Å²) in [7, 11) is 0. The molecule has 0 saturated heterocycles. The first-order chi connectivity index (χ1) is 4.39. The van der Waals surface area contributed by atoms with Gasteiger partial charge in [0.1, 0.15) is 0 Å². The molecule has 0 saturated carbocycles. The van der Waals surface area contributed by atoms with Crippen LogP contribution in [-0.2, 0) is 0 Å². The number of thiol groups is 2. The SMILES string of the molecule is CS.SC1=CC=CCC1. The van der Waals surface area contributed by atoms with E-state index in [1.54, 1.807) is 6.26 Å². The molecule has 0 spiro atoms. The van der Waals surface area contributed by atoms with Crippen LogP contribution in [0.4, 0.5) is 0 Å². The van der Waals surface area contributed by atoms with Crippen LogP contribution in [0, 0.1) is 0 Å². The summed E-state index contributed by atoms with van der Waals surface area (Å²) in [6.45, 7) is 0. The Morgan fingerprint density at radius 3 is 2.33 bits per heavy atom. The fraction of sp³-hybridized carbons (Fsp3) is 0.429. The van der Waals surface area contributed by atoms with E-state index in [2.05, 4.69) is 31.3 Å². The lowest BCUT2D eigenvalue weighted by Crippen LogP contribution is -1.75. The topological polar surface area (TPSA) is 0 Å². The molecule has 0 fully saturated rings. The Morgan fingerprint density at radius 1 is 1.44 bits per heavy atom. The Morgan fingerprint density at radius 2 is 2.11 bits per heavy atom. The van der Waals surface area contributed by atoms with Crippen LogP contribution in [0.25, 0.3) is 0 Å². The molecule has 0 amide bonds. The zero-order valence-electron chi connectivity index (χ0n) is 5.54. The summed E-state index contributed by atoms with van der Waals surface area (Å²) in [5, 5.41) is 0. The van der Waals surface area contributed by atoms with Crippen molar-refractivity contribution in [1.82, 2.24) is 0 Å². The van der Waals surface area contributed by atoms with Crippen molar-refractivity contribution >= 4 is 25.3 Å². The summed E-state index contributed by atoms with van der Waals surface area (Å²) in [5.41, 5.74) is 0. The smallest absolute Gasteiger partial charge is 0.0181 e. The minimum Gasteiger partial charge on any atom is -0.183 e. The largest absolute Gasteiger partial charge is 0.183 e. The highest BCUT2D eigenvalue weighted by molar-refractivity contribution is 7.84. The molecule has 0 bridgehead atoms. The van der Waals surface area contributed by atoms with E-state index >= 15 is 0 Å². The van der Waals surface area contributed by atoms with Crippen molar-refractivity contribution in [2.45, 2.75) is 12.8 Å². The molecule has 0 aromatic rings. The zero-order valence-corrected chi connectivity index (χ0v) is 7.33. The predicted molar refractivity (Wildman–Crippen MR) is 50.4 cm³/mol. The van der Waals surface area contributed by atoms with Gasteiger partial charge in [-0.1, -0.05) is 18.2 Å². The molecule has 0 nitrogen and oxygen atoms in total. The lowest BCUT2D eigenvalue weighted by molar-refractivity contribution is 1.02. The van der Waals surface area contributed by atoms with Crippen molar-refractivity contribution in [3.63, 3.8) is 0 Å². The number of hydrogen-bond acceptors (Lipinski definition) is 2. The number of hydrogen-bond donors (Lipinski definition) is 2. The van der Waals surface area contributed by atoms with Crippen LogP contribution < -0.4 is 0 Å². The van der Waals surface area contributed by atoms with E-state index in [-0.39, 0.29) is 0 Å². The molecular weight excluding hydrogens is 148 g/mol. The summed E-state index contributed by atoms with van der Waals surface area (Å²) in [6.07, 6.45) is 10.2. The second kappa shape index (κ2) is 6.30. The second-order valence-corrected chi connectivity index (χ2v) is 2.20. The van der Waals surface area contributed by atoms with E-state index in [1.165, 1.54) is 4.91 Å². The summed E-state index contributed by atoms with van der Waals surface area (Å²) in [4.78, 5) is 1.20. The van der Waals surface area contributed by atoms with Crippen molar-refractivity contribution in [2.75, 3.05) is 6.26 Å². The molecule has 52 valence electrons. The normalized spacial score (nSPS) is 15.7. The van der Waals surface area contributed by atoms with Gasteiger partial charge in [-0.05, 0) is 24.0 Å². The third-order valence-electron chi connectivity index (χ3n) is 0.992. The monoisotopic (exact) mass is 160 g/mol. The zero-order chi connectivity index (χ0) is 7.11. The van der Waals surface area contributed by atoms with E-state index in [1.807, 2.05) is 12.2 Å². The van der Waals surface area contributed by atoms with Crippen molar-refractivity contribution in [3.05, 3.63) is 23.1 Å². The maximum atomic E-state index is 4.17. The molecule has 0 atom stereocenters. The third-order valence-corrected chi connectivity index (χ3v) is 1.36. The lowest BCUT2D eigenvalue weighted by atomic mass is 10.2. The predicted octanol–water partition coefficient (Wildman–Crippen LogP) is 2.70. The molecule has 0 unspecified atom stereocenters. The van der Waals surface area contributed by atoms with Gasteiger partial charge >= 0.3 is 0 Å². The summed E-state index contributed by atoms with van der Waals surface area (Å²) < 4.78 is 0. The Hall–Kier alpha value is 0.180. The fourth-order valence-corrected chi connectivity index (χ4v) is 0.805. The Kier molecular flexibility index (Phi) is 6.43. The van der Waals surface area contributed by atoms with E-state index in [4.69, 9.17) is 0 Å². The molecule has 0 aromatic heterocycles. The molecule has 1 aliphatic rings. The van der Waals surface area contributed by atoms with Gasteiger partial charge in [-0.15, -0.1) is 12.6 Å². The van der Waals surface area contributed by atoms with E-state index in [0.29, 0.717) is 0 Å². The van der Waals surface area contributed by atoms with Crippen molar-refractivity contribution < 1.29 is 0 Å². The molecule has 1 aliphatic carbocycles. The maximum absolute atomic E-state index is 4.17. The van der Waals surface area contributed by atoms with E-state index < -0.39 is 0 Å². The Bertz CT molecular complexity index is 114. The quantitative estimate of drug-likeness (QED) is 0.500. The first kappa shape index (κ1) is 9.18.